The molecule has 0 unspecified atom stereocenters. The number of amides is 1. The van der Waals surface area contributed by atoms with Crippen molar-refractivity contribution in [1.82, 2.24) is 5.32 Å². The quantitative estimate of drug-likeness (QED) is 0.847. The SMILES string of the molecule is Cc1cccc(CNc2ccc(CC(=O)NC(C)C)cc2)c1C. The summed E-state index contributed by atoms with van der Waals surface area (Å²) in [7, 11) is 0. The Morgan fingerprint density at radius 1 is 1.04 bits per heavy atom. The van der Waals surface area contributed by atoms with Gasteiger partial charge in [0.15, 0.2) is 0 Å². The van der Waals surface area contributed by atoms with E-state index in [1.807, 2.05) is 38.1 Å². The number of hydrogen-bond acceptors (Lipinski definition) is 2. The van der Waals surface area contributed by atoms with Gasteiger partial charge in [-0.3, -0.25) is 4.79 Å². The predicted molar refractivity (Wildman–Crippen MR) is 96.7 cm³/mol. The minimum Gasteiger partial charge on any atom is -0.381 e. The average Bonchev–Trinajstić information content (AvgIpc) is 2.49. The summed E-state index contributed by atoms with van der Waals surface area (Å²) in [6.07, 6.45) is 0.426. The van der Waals surface area contributed by atoms with E-state index in [0.717, 1.165) is 17.8 Å². The second-order valence-electron chi connectivity index (χ2n) is 6.31. The van der Waals surface area contributed by atoms with E-state index in [1.165, 1.54) is 16.7 Å². The molecular formula is C20H26N2O. The lowest BCUT2D eigenvalue weighted by atomic mass is 10.0. The van der Waals surface area contributed by atoms with E-state index in [2.05, 4.69) is 42.7 Å². The van der Waals surface area contributed by atoms with Crippen LogP contribution in [0.25, 0.3) is 0 Å². The fraction of sp³-hybridized carbons (Fsp3) is 0.350. The van der Waals surface area contributed by atoms with E-state index in [9.17, 15) is 4.79 Å². The van der Waals surface area contributed by atoms with Crippen LogP contribution >= 0.6 is 0 Å². The lowest BCUT2D eigenvalue weighted by Crippen LogP contribution is -2.31. The Balaban J connectivity index is 1.92. The summed E-state index contributed by atoms with van der Waals surface area (Å²) in [5, 5.41) is 6.35. The molecule has 3 nitrogen and oxygen atoms in total. The van der Waals surface area contributed by atoms with Gasteiger partial charge in [-0.2, -0.15) is 0 Å². The highest BCUT2D eigenvalue weighted by Crippen LogP contribution is 2.16. The molecule has 1 amide bonds. The molecule has 0 aliphatic carbocycles. The van der Waals surface area contributed by atoms with Gasteiger partial charge in [0, 0.05) is 18.3 Å². The average molecular weight is 310 g/mol. The number of aryl methyl sites for hydroxylation is 1. The molecule has 3 heteroatoms. The zero-order valence-electron chi connectivity index (χ0n) is 14.4. The molecule has 2 N–H and O–H groups in total. The monoisotopic (exact) mass is 310 g/mol. The lowest BCUT2D eigenvalue weighted by Gasteiger charge is -2.12. The standard InChI is InChI=1S/C20H26N2O/c1-14(2)22-20(23)12-17-8-10-19(11-9-17)21-13-18-7-5-6-15(3)16(18)4/h5-11,14,21H,12-13H2,1-4H3,(H,22,23). The van der Waals surface area contributed by atoms with Gasteiger partial charge in [-0.05, 0) is 62.1 Å². The molecule has 0 spiro atoms. The molecule has 0 heterocycles. The first-order valence-electron chi connectivity index (χ1n) is 8.13. The maximum atomic E-state index is 11.8. The van der Waals surface area contributed by atoms with Gasteiger partial charge >= 0.3 is 0 Å². The third-order valence-electron chi connectivity index (χ3n) is 3.97. The molecule has 0 saturated heterocycles. The topological polar surface area (TPSA) is 41.1 Å². The van der Waals surface area contributed by atoms with Gasteiger partial charge in [-0.1, -0.05) is 30.3 Å². The van der Waals surface area contributed by atoms with Crippen molar-refractivity contribution in [2.45, 2.75) is 46.7 Å². The van der Waals surface area contributed by atoms with Gasteiger partial charge < -0.3 is 10.6 Å². The van der Waals surface area contributed by atoms with Crippen LogP contribution in [0.2, 0.25) is 0 Å². The number of hydrogen-bond donors (Lipinski definition) is 2. The molecule has 2 rings (SSSR count). The number of rotatable bonds is 6. The van der Waals surface area contributed by atoms with E-state index in [0.29, 0.717) is 6.42 Å². The Kier molecular flexibility index (Phi) is 5.80. The summed E-state index contributed by atoms with van der Waals surface area (Å²) in [6, 6.07) is 14.6. The van der Waals surface area contributed by atoms with Gasteiger partial charge in [0.2, 0.25) is 5.91 Å². The highest BCUT2D eigenvalue weighted by atomic mass is 16.1. The van der Waals surface area contributed by atoms with Crippen LogP contribution in [0.3, 0.4) is 0 Å². The zero-order chi connectivity index (χ0) is 16.8. The van der Waals surface area contributed by atoms with Crippen molar-refractivity contribution in [3.8, 4) is 0 Å². The van der Waals surface area contributed by atoms with Gasteiger partial charge in [-0.25, -0.2) is 0 Å². The summed E-state index contributed by atoms with van der Waals surface area (Å²) >= 11 is 0. The molecule has 0 atom stereocenters. The molecule has 0 radical (unpaired) electrons. The minimum atomic E-state index is 0.0658. The predicted octanol–water partition coefficient (Wildman–Crippen LogP) is 3.98. The van der Waals surface area contributed by atoms with Crippen molar-refractivity contribution >= 4 is 11.6 Å². The van der Waals surface area contributed by atoms with Crippen molar-refractivity contribution < 1.29 is 4.79 Å². The first kappa shape index (κ1) is 17.1. The summed E-state index contributed by atoms with van der Waals surface area (Å²) in [4.78, 5) is 11.8. The number of carbonyl (C=O) groups excluding carboxylic acids is 1. The second kappa shape index (κ2) is 7.82. The molecule has 23 heavy (non-hydrogen) atoms. The maximum Gasteiger partial charge on any atom is 0.224 e. The number of anilines is 1. The fourth-order valence-corrected chi connectivity index (χ4v) is 2.50. The Morgan fingerprint density at radius 3 is 2.39 bits per heavy atom. The van der Waals surface area contributed by atoms with Gasteiger partial charge in [0.05, 0.1) is 6.42 Å². The maximum absolute atomic E-state index is 11.8. The molecule has 0 fully saturated rings. The van der Waals surface area contributed by atoms with Crippen molar-refractivity contribution in [3.63, 3.8) is 0 Å². The van der Waals surface area contributed by atoms with E-state index < -0.39 is 0 Å². The molecule has 0 bridgehead atoms. The summed E-state index contributed by atoms with van der Waals surface area (Å²) in [5.74, 6) is 0.0658. The van der Waals surface area contributed by atoms with Crippen LogP contribution in [0.5, 0.6) is 0 Å². The normalized spacial score (nSPS) is 10.7. The molecule has 0 aliphatic heterocycles. The molecule has 2 aromatic rings. The van der Waals surface area contributed by atoms with Crippen molar-refractivity contribution in [2.24, 2.45) is 0 Å². The molecule has 0 aromatic heterocycles. The fourth-order valence-electron chi connectivity index (χ4n) is 2.50. The van der Waals surface area contributed by atoms with Gasteiger partial charge in [-0.15, -0.1) is 0 Å². The minimum absolute atomic E-state index is 0.0658. The van der Waals surface area contributed by atoms with Crippen molar-refractivity contribution in [3.05, 3.63) is 64.7 Å². The Labute approximate surface area is 139 Å². The lowest BCUT2D eigenvalue weighted by molar-refractivity contribution is -0.120. The zero-order valence-corrected chi connectivity index (χ0v) is 14.4. The van der Waals surface area contributed by atoms with E-state index >= 15 is 0 Å². The number of nitrogens with one attached hydrogen (secondary N) is 2. The smallest absolute Gasteiger partial charge is 0.224 e. The molecule has 0 saturated carbocycles. The number of carbonyl (C=O) groups is 1. The summed E-state index contributed by atoms with van der Waals surface area (Å²) < 4.78 is 0. The van der Waals surface area contributed by atoms with Gasteiger partial charge in [0.25, 0.3) is 0 Å². The van der Waals surface area contributed by atoms with Crippen molar-refractivity contribution in [1.29, 1.82) is 0 Å². The van der Waals surface area contributed by atoms with Crippen molar-refractivity contribution in [2.75, 3.05) is 5.32 Å². The Morgan fingerprint density at radius 2 is 1.74 bits per heavy atom. The molecule has 2 aromatic carbocycles. The van der Waals surface area contributed by atoms with Crippen LogP contribution in [0, 0.1) is 13.8 Å². The first-order chi connectivity index (χ1) is 11.0. The van der Waals surface area contributed by atoms with Crippen LogP contribution < -0.4 is 10.6 Å². The third-order valence-corrected chi connectivity index (χ3v) is 3.97. The van der Waals surface area contributed by atoms with Crippen LogP contribution in [-0.2, 0) is 17.8 Å². The second-order valence-corrected chi connectivity index (χ2v) is 6.31. The molecule has 122 valence electrons. The van der Waals surface area contributed by atoms with Gasteiger partial charge in [0.1, 0.15) is 0 Å². The highest BCUT2D eigenvalue weighted by molar-refractivity contribution is 5.78. The highest BCUT2D eigenvalue weighted by Gasteiger charge is 2.05. The first-order valence-corrected chi connectivity index (χ1v) is 8.13. The Bertz CT molecular complexity index is 660. The van der Waals surface area contributed by atoms with E-state index in [1.54, 1.807) is 0 Å². The van der Waals surface area contributed by atoms with Crippen LogP contribution in [0.1, 0.15) is 36.1 Å². The third kappa shape index (κ3) is 5.13. The van der Waals surface area contributed by atoms with Crippen LogP contribution in [-0.4, -0.2) is 11.9 Å². The van der Waals surface area contributed by atoms with Crippen LogP contribution in [0.15, 0.2) is 42.5 Å². The molecule has 0 aliphatic rings. The van der Waals surface area contributed by atoms with Crippen LogP contribution in [0.4, 0.5) is 5.69 Å². The Hall–Kier alpha value is -2.29. The number of benzene rings is 2. The molecular weight excluding hydrogens is 284 g/mol. The summed E-state index contributed by atoms with van der Waals surface area (Å²) in [5.41, 5.74) is 6.06. The largest absolute Gasteiger partial charge is 0.381 e. The summed E-state index contributed by atoms with van der Waals surface area (Å²) in [6.45, 7) is 9.04. The van der Waals surface area contributed by atoms with E-state index in [-0.39, 0.29) is 11.9 Å². The van der Waals surface area contributed by atoms with E-state index in [4.69, 9.17) is 0 Å².